The quantitative estimate of drug-likeness (QED) is 0.209. The molecule has 1 heterocycles. The van der Waals surface area contributed by atoms with E-state index in [1.807, 2.05) is 12.1 Å². The molecule has 0 amide bonds. The first-order chi connectivity index (χ1) is 17.9. The average Bonchev–Trinajstić information content (AvgIpc) is 2.99. The van der Waals surface area contributed by atoms with Crippen molar-refractivity contribution in [3.05, 3.63) is 163 Å². The van der Waals surface area contributed by atoms with Crippen molar-refractivity contribution in [2.24, 2.45) is 0 Å². The zero-order valence-electron chi connectivity index (χ0n) is 19.9. The Morgan fingerprint density at radius 2 is 0.750 bits per heavy atom. The molecule has 0 radical (unpaired) electrons. The Morgan fingerprint density at radius 3 is 1.14 bits per heavy atom. The molecule has 5 aromatic carbocycles. The van der Waals surface area contributed by atoms with Gasteiger partial charge in [0.25, 0.3) is 6.55 Å². The lowest BCUT2D eigenvalue weighted by molar-refractivity contribution is 0.134. The van der Waals surface area contributed by atoms with Gasteiger partial charge < -0.3 is 9.31 Å². The molecule has 0 spiro atoms. The molecule has 5 aromatic rings. The molecule has 0 aliphatic carbocycles. The number of rotatable bonds is 5. The van der Waals surface area contributed by atoms with Crippen molar-refractivity contribution < 1.29 is 9.31 Å². The minimum atomic E-state index is -1.97. The highest BCUT2D eigenvalue weighted by Crippen LogP contribution is 2.65. The highest BCUT2D eigenvalue weighted by molar-refractivity contribution is 7.66. The molecule has 1 aliphatic heterocycles. The zero-order valence-corrected chi connectivity index (χ0v) is 20.8. The fraction of sp³-hybridized carbons (Fsp3) is 0.0625. The lowest BCUT2D eigenvalue weighted by atomic mass is 9.46. The fourth-order valence-electron chi connectivity index (χ4n) is 5.15. The van der Waals surface area contributed by atoms with Crippen molar-refractivity contribution in [1.82, 2.24) is 0 Å². The van der Waals surface area contributed by atoms with E-state index in [9.17, 15) is 0 Å². The van der Waals surface area contributed by atoms with Crippen LogP contribution in [-0.2, 0) is 9.31 Å². The summed E-state index contributed by atoms with van der Waals surface area (Å²) in [5.41, 5.74) is 4.45. The van der Waals surface area contributed by atoms with Gasteiger partial charge in [0.05, 0.1) is 11.7 Å². The highest BCUT2D eigenvalue weighted by atomic mass is 31.1. The second-order valence-corrected chi connectivity index (χ2v) is 11.3. The Morgan fingerprint density at radius 1 is 0.417 bits per heavy atom. The van der Waals surface area contributed by atoms with Crippen LogP contribution >= 0.6 is 7.92 Å². The predicted molar refractivity (Wildman–Crippen MR) is 151 cm³/mol. The summed E-state index contributed by atoms with van der Waals surface area (Å²) in [5.74, 6) is -0.300. The van der Waals surface area contributed by atoms with Crippen LogP contribution in [0.2, 0.25) is 0 Å². The Bertz CT molecular complexity index is 1290. The SMILES string of the molecule is c1ccc([C@H]2O[B-](c3ccccc3)(c3ccccc3)O[C@H](c3ccccc3)P2c2ccccc2)cc1. The maximum absolute atomic E-state index is 7.32. The van der Waals surface area contributed by atoms with Crippen LogP contribution in [0.1, 0.15) is 22.8 Å². The minimum absolute atomic E-state index is 0.150. The Kier molecular flexibility index (Phi) is 6.53. The highest BCUT2D eigenvalue weighted by Gasteiger charge is 2.46. The van der Waals surface area contributed by atoms with Crippen LogP contribution in [0.25, 0.3) is 0 Å². The van der Waals surface area contributed by atoms with Crippen molar-refractivity contribution in [3.63, 3.8) is 0 Å². The van der Waals surface area contributed by atoms with Crippen LogP contribution in [0, 0.1) is 0 Å². The first-order valence-electron chi connectivity index (χ1n) is 12.4. The first-order valence-corrected chi connectivity index (χ1v) is 13.9. The second kappa shape index (κ2) is 10.2. The Labute approximate surface area is 214 Å². The van der Waals surface area contributed by atoms with Gasteiger partial charge in [-0.15, -0.1) is 10.9 Å². The van der Waals surface area contributed by atoms with E-state index in [0.29, 0.717) is 0 Å². The van der Waals surface area contributed by atoms with Crippen LogP contribution in [0.15, 0.2) is 152 Å². The molecule has 4 heteroatoms. The van der Waals surface area contributed by atoms with Crippen molar-refractivity contribution in [3.8, 4) is 0 Å². The van der Waals surface area contributed by atoms with E-state index < -0.39 is 14.5 Å². The number of benzene rings is 5. The van der Waals surface area contributed by atoms with Gasteiger partial charge >= 0.3 is 0 Å². The summed E-state index contributed by atoms with van der Waals surface area (Å²) in [4.78, 5) is 0. The molecule has 0 saturated carbocycles. The van der Waals surface area contributed by atoms with Gasteiger partial charge in [-0.25, -0.2) is 0 Å². The van der Waals surface area contributed by atoms with Gasteiger partial charge in [-0.3, -0.25) is 0 Å². The summed E-state index contributed by atoms with van der Waals surface area (Å²) in [7, 11) is -0.914. The molecule has 1 fully saturated rings. The molecule has 6 rings (SSSR count). The zero-order chi connectivity index (χ0) is 24.2. The van der Waals surface area contributed by atoms with Crippen LogP contribution < -0.4 is 16.2 Å². The topological polar surface area (TPSA) is 18.5 Å². The third kappa shape index (κ3) is 4.31. The smallest absolute Gasteiger partial charge is 0.300 e. The summed E-state index contributed by atoms with van der Waals surface area (Å²) in [6.45, 7) is -1.97. The summed E-state index contributed by atoms with van der Waals surface area (Å²) in [6, 6.07) is 52.9. The molecule has 1 aliphatic rings. The lowest BCUT2D eigenvalue weighted by Gasteiger charge is -2.57. The standard InChI is InChI=1S/C32H27BO2P/c1-6-16-26(17-7-1)31-34-33(28-20-10-3-11-21-28,29-22-12-4-13-23-29)35-32(27-18-8-2-9-19-27)36(31)30-24-14-5-15-25-30/h1-25,31-32H/q-1/t31-,32-/m0/s1. The average molecular weight is 485 g/mol. The van der Waals surface area contributed by atoms with E-state index in [2.05, 4.69) is 140 Å². The van der Waals surface area contributed by atoms with Gasteiger partial charge in [-0.05, 0) is 24.4 Å². The number of hydrogen-bond acceptors (Lipinski definition) is 2. The van der Waals surface area contributed by atoms with Crippen molar-refractivity contribution >= 4 is 30.7 Å². The summed E-state index contributed by atoms with van der Waals surface area (Å²) >= 11 is 0. The van der Waals surface area contributed by atoms with Crippen LogP contribution in [-0.4, -0.2) is 6.55 Å². The summed E-state index contributed by atoms with van der Waals surface area (Å²) < 4.78 is 14.6. The third-order valence-electron chi connectivity index (χ3n) is 6.85. The van der Waals surface area contributed by atoms with Gasteiger partial charge in [0.15, 0.2) is 0 Å². The van der Waals surface area contributed by atoms with Crippen molar-refractivity contribution in [2.45, 2.75) is 11.7 Å². The number of hydrogen-bond donors (Lipinski definition) is 0. The molecule has 2 nitrogen and oxygen atoms in total. The summed E-state index contributed by atoms with van der Waals surface area (Å²) in [6.07, 6.45) is 0. The molecule has 1 saturated heterocycles. The van der Waals surface area contributed by atoms with Crippen molar-refractivity contribution in [2.75, 3.05) is 0 Å². The second-order valence-electron chi connectivity index (χ2n) is 9.07. The Balaban J connectivity index is 1.62. The summed E-state index contributed by atoms with van der Waals surface area (Å²) in [5, 5.41) is 1.26. The largest absolute Gasteiger partial charge is 0.551 e. The Hall–Kier alpha value is -3.49. The molecule has 0 aromatic heterocycles. The third-order valence-corrected chi connectivity index (χ3v) is 9.59. The molecular formula is C32H27BO2P-. The maximum Gasteiger partial charge on any atom is 0.300 e. The minimum Gasteiger partial charge on any atom is -0.551 e. The molecule has 176 valence electrons. The molecule has 0 bridgehead atoms. The monoisotopic (exact) mass is 485 g/mol. The van der Waals surface area contributed by atoms with E-state index in [1.165, 1.54) is 16.4 Å². The van der Waals surface area contributed by atoms with E-state index in [1.54, 1.807) is 0 Å². The first kappa shape index (κ1) is 22.9. The van der Waals surface area contributed by atoms with E-state index >= 15 is 0 Å². The van der Waals surface area contributed by atoms with Crippen LogP contribution in [0.5, 0.6) is 0 Å². The van der Waals surface area contributed by atoms with Crippen LogP contribution in [0.4, 0.5) is 0 Å². The molecular weight excluding hydrogens is 458 g/mol. The fourth-order valence-corrected chi connectivity index (χ4v) is 8.05. The van der Waals surface area contributed by atoms with Gasteiger partial charge in [0.1, 0.15) is 0 Å². The van der Waals surface area contributed by atoms with E-state index in [0.717, 1.165) is 10.9 Å². The molecule has 2 atom stereocenters. The van der Waals surface area contributed by atoms with Gasteiger partial charge in [-0.2, -0.15) is 0 Å². The maximum atomic E-state index is 7.32. The van der Waals surface area contributed by atoms with E-state index in [4.69, 9.17) is 9.31 Å². The van der Waals surface area contributed by atoms with Crippen molar-refractivity contribution in [1.29, 1.82) is 0 Å². The van der Waals surface area contributed by atoms with E-state index in [-0.39, 0.29) is 11.7 Å². The molecule has 0 unspecified atom stereocenters. The molecule has 0 N–H and O–H groups in total. The van der Waals surface area contributed by atoms with Gasteiger partial charge in [0, 0.05) is 0 Å². The predicted octanol–water partition coefficient (Wildman–Crippen LogP) is 6.49. The van der Waals surface area contributed by atoms with Gasteiger partial charge in [0.2, 0.25) is 0 Å². The molecule has 36 heavy (non-hydrogen) atoms. The lowest BCUT2D eigenvalue weighted by Crippen LogP contribution is -2.65. The van der Waals surface area contributed by atoms with Crippen LogP contribution in [0.3, 0.4) is 0 Å². The normalized spacial score (nSPS) is 21.1. The van der Waals surface area contributed by atoms with Gasteiger partial charge in [-0.1, -0.05) is 152 Å².